The number of carbonyl (C=O) groups is 1. The van der Waals surface area contributed by atoms with Crippen molar-refractivity contribution in [3.63, 3.8) is 0 Å². The van der Waals surface area contributed by atoms with Crippen LogP contribution in [0.2, 0.25) is 0 Å². The molecule has 5 nitrogen and oxygen atoms in total. The van der Waals surface area contributed by atoms with Crippen molar-refractivity contribution in [2.75, 3.05) is 13.2 Å². The summed E-state index contributed by atoms with van der Waals surface area (Å²) >= 11 is 2.23. The molecule has 0 radical (unpaired) electrons. The Morgan fingerprint density at radius 2 is 2.42 bits per heavy atom. The highest BCUT2D eigenvalue weighted by Gasteiger charge is 2.26. The van der Waals surface area contributed by atoms with E-state index in [1.165, 1.54) is 0 Å². The predicted molar refractivity (Wildman–Crippen MR) is 79.7 cm³/mol. The number of nitrogens with two attached hydrogens (primary N) is 1. The van der Waals surface area contributed by atoms with Gasteiger partial charge >= 0.3 is 6.09 Å². The van der Waals surface area contributed by atoms with Gasteiger partial charge in [0.2, 0.25) is 0 Å². The third-order valence-electron chi connectivity index (χ3n) is 2.90. The van der Waals surface area contributed by atoms with E-state index in [2.05, 4.69) is 22.6 Å². The zero-order valence-electron chi connectivity index (χ0n) is 10.8. The van der Waals surface area contributed by atoms with E-state index in [1.54, 1.807) is 0 Å². The lowest BCUT2D eigenvalue weighted by Crippen LogP contribution is -2.39. The number of hydrazine groups is 1. The number of benzene rings is 1. The Hall–Kier alpha value is -1.02. The van der Waals surface area contributed by atoms with E-state index in [9.17, 15) is 4.79 Å². The second kappa shape index (κ2) is 6.42. The summed E-state index contributed by atoms with van der Waals surface area (Å²) in [6.07, 6.45) is 0.680. The molecule has 1 aliphatic heterocycles. The molecule has 2 N–H and O–H groups in total. The van der Waals surface area contributed by atoms with Gasteiger partial charge in [-0.05, 0) is 47.2 Å². The molecule has 104 valence electrons. The SMILES string of the molecule is CCCN(N)C(=O)OC1CCOc2ccc(I)cc21. The quantitative estimate of drug-likeness (QED) is 0.381. The van der Waals surface area contributed by atoms with Crippen molar-refractivity contribution in [2.24, 2.45) is 5.84 Å². The van der Waals surface area contributed by atoms with Gasteiger partial charge in [0, 0.05) is 22.1 Å². The molecule has 0 fully saturated rings. The molecule has 0 spiro atoms. The van der Waals surface area contributed by atoms with Crippen LogP contribution in [-0.4, -0.2) is 24.3 Å². The van der Waals surface area contributed by atoms with E-state index in [1.807, 2.05) is 25.1 Å². The van der Waals surface area contributed by atoms with Crippen LogP contribution in [0, 0.1) is 3.57 Å². The molecule has 19 heavy (non-hydrogen) atoms. The van der Waals surface area contributed by atoms with Crippen molar-refractivity contribution < 1.29 is 14.3 Å². The van der Waals surface area contributed by atoms with Gasteiger partial charge in [-0.15, -0.1) is 0 Å². The molecule has 2 rings (SSSR count). The molecule has 0 bridgehead atoms. The lowest BCUT2D eigenvalue weighted by Gasteiger charge is -2.27. The fraction of sp³-hybridized carbons (Fsp3) is 0.462. The summed E-state index contributed by atoms with van der Waals surface area (Å²) in [6, 6.07) is 5.85. The van der Waals surface area contributed by atoms with Crippen molar-refractivity contribution in [3.8, 4) is 5.75 Å². The summed E-state index contributed by atoms with van der Waals surface area (Å²) in [7, 11) is 0. The van der Waals surface area contributed by atoms with Crippen LogP contribution in [0.15, 0.2) is 18.2 Å². The fourth-order valence-corrected chi connectivity index (χ4v) is 2.49. The molecule has 1 aliphatic rings. The molecule has 1 atom stereocenters. The maximum atomic E-state index is 11.8. The predicted octanol–water partition coefficient (Wildman–Crippen LogP) is 2.84. The Morgan fingerprint density at radius 3 is 3.16 bits per heavy atom. The first kappa shape index (κ1) is 14.4. The van der Waals surface area contributed by atoms with Crippen molar-refractivity contribution in [1.82, 2.24) is 5.01 Å². The lowest BCUT2D eigenvalue weighted by molar-refractivity contribution is 0.0420. The summed E-state index contributed by atoms with van der Waals surface area (Å²) in [5.74, 6) is 6.40. The number of amides is 1. The second-order valence-electron chi connectivity index (χ2n) is 4.39. The molecule has 0 aliphatic carbocycles. The standard InChI is InChI=1S/C13H17IN2O3/c1-2-6-16(15)13(17)19-12-5-7-18-11-4-3-9(14)8-10(11)12/h3-4,8,12H,2,5-7,15H2,1H3. The number of hydrogen-bond acceptors (Lipinski definition) is 4. The molecule has 1 aromatic rings. The molecule has 1 aromatic carbocycles. The number of hydrogen-bond donors (Lipinski definition) is 1. The van der Waals surface area contributed by atoms with E-state index in [4.69, 9.17) is 15.3 Å². The largest absolute Gasteiger partial charge is 0.493 e. The maximum Gasteiger partial charge on any atom is 0.424 e. The van der Waals surface area contributed by atoms with Gasteiger partial charge in [0.05, 0.1) is 6.61 Å². The van der Waals surface area contributed by atoms with E-state index < -0.39 is 6.09 Å². The van der Waals surface area contributed by atoms with E-state index in [-0.39, 0.29) is 6.10 Å². The highest BCUT2D eigenvalue weighted by atomic mass is 127. The molecule has 1 heterocycles. The van der Waals surface area contributed by atoms with Gasteiger partial charge in [-0.2, -0.15) is 0 Å². The maximum absolute atomic E-state index is 11.8. The van der Waals surface area contributed by atoms with Crippen LogP contribution in [0.25, 0.3) is 0 Å². The van der Waals surface area contributed by atoms with Gasteiger partial charge in [0.25, 0.3) is 0 Å². The molecule has 6 heteroatoms. The number of rotatable bonds is 3. The van der Waals surface area contributed by atoms with Gasteiger partial charge in [-0.3, -0.25) is 0 Å². The van der Waals surface area contributed by atoms with Crippen LogP contribution in [0.4, 0.5) is 4.79 Å². The topological polar surface area (TPSA) is 64.8 Å². The molecule has 0 aromatic heterocycles. The highest BCUT2D eigenvalue weighted by molar-refractivity contribution is 14.1. The van der Waals surface area contributed by atoms with Crippen LogP contribution in [0.5, 0.6) is 5.75 Å². The summed E-state index contributed by atoms with van der Waals surface area (Å²) in [5.41, 5.74) is 0.913. The van der Waals surface area contributed by atoms with Crippen molar-refractivity contribution in [3.05, 3.63) is 27.3 Å². The molecular weight excluding hydrogens is 359 g/mol. The molecule has 1 amide bonds. The Morgan fingerprint density at radius 1 is 1.63 bits per heavy atom. The number of ether oxygens (including phenoxy) is 2. The van der Waals surface area contributed by atoms with Gasteiger partial charge in [0.15, 0.2) is 0 Å². The Labute approximate surface area is 126 Å². The van der Waals surface area contributed by atoms with Gasteiger partial charge in [0.1, 0.15) is 11.9 Å². The zero-order chi connectivity index (χ0) is 13.8. The van der Waals surface area contributed by atoms with Crippen LogP contribution < -0.4 is 10.6 Å². The molecule has 0 saturated heterocycles. The van der Waals surface area contributed by atoms with Gasteiger partial charge < -0.3 is 9.47 Å². The summed E-state index contributed by atoms with van der Waals surface area (Å²) in [4.78, 5) is 11.8. The zero-order valence-corrected chi connectivity index (χ0v) is 12.9. The monoisotopic (exact) mass is 376 g/mol. The highest BCUT2D eigenvalue weighted by Crippen LogP contribution is 2.35. The van der Waals surface area contributed by atoms with Crippen molar-refractivity contribution in [1.29, 1.82) is 0 Å². The van der Waals surface area contributed by atoms with Crippen molar-refractivity contribution >= 4 is 28.7 Å². The summed E-state index contributed by atoms with van der Waals surface area (Å²) in [6.45, 7) is 2.99. The minimum Gasteiger partial charge on any atom is -0.493 e. The van der Waals surface area contributed by atoms with Gasteiger partial charge in [-0.1, -0.05) is 6.92 Å². The fourth-order valence-electron chi connectivity index (χ4n) is 1.98. The molecule has 1 unspecified atom stereocenters. The lowest BCUT2D eigenvalue weighted by atomic mass is 10.0. The first-order chi connectivity index (χ1) is 9.11. The Bertz CT molecular complexity index is 467. The normalized spacial score (nSPS) is 17.3. The number of carbonyl (C=O) groups excluding carboxylic acids is 1. The van der Waals surface area contributed by atoms with E-state index in [0.717, 1.165) is 26.3 Å². The van der Waals surface area contributed by atoms with Crippen LogP contribution in [-0.2, 0) is 4.74 Å². The van der Waals surface area contributed by atoms with Crippen LogP contribution >= 0.6 is 22.6 Å². The van der Waals surface area contributed by atoms with Crippen LogP contribution in [0.3, 0.4) is 0 Å². The minimum absolute atomic E-state index is 0.283. The van der Waals surface area contributed by atoms with E-state index in [0.29, 0.717) is 19.6 Å². The number of fused-ring (bicyclic) bond motifs is 1. The summed E-state index contributed by atoms with van der Waals surface area (Å²) in [5, 5.41) is 1.11. The molecule has 0 saturated carbocycles. The average molecular weight is 376 g/mol. The summed E-state index contributed by atoms with van der Waals surface area (Å²) < 4.78 is 12.1. The number of nitrogens with zero attached hydrogens (tertiary/aromatic N) is 1. The Kier molecular flexibility index (Phi) is 4.87. The minimum atomic E-state index is -0.487. The van der Waals surface area contributed by atoms with Crippen LogP contribution in [0.1, 0.15) is 31.4 Å². The number of halogens is 1. The Balaban J connectivity index is 2.11. The molecular formula is C13H17IN2O3. The smallest absolute Gasteiger partial charge is 0.424 e. The second-order valence-corrected chi connectivity index (χ2v) is 5.63. The van der Waals surface area contributed by atoms with Crippen molar-refractivity contribution in [2.45, 2.75) is 25.9 Å². The average Bonchev–Trinajstić information content (AvgIpc) is 2.39. The first-order valence-electron chi connectivity index (χ1n) is 6.27. The third kappa shape index (κ3) is 3.50. The third-order valence-corrected chi connectivity index (χ3v) is 3.57. The van der Waals surface area contributed by atoms with E-state index >= 15 is 0 Å². The van der Waals surface area contributed by atoms with Gasteiger partial charge in [-0.25, -0.2) is 15.6 Å². The first-order valence-corrected chi connectivity index (χ1v) is 7.34.